The molecule has 1 aliphatic carbocycles. The number of hydrogen-bond acceptors (Lipinski definition) is 4. The second-order valence-electron chi connectivity index (χ2n) is 5.63. The summed E-state index contributed by atoms with van der Waals surface area (Å²) in [5, 5.41) is 4.53. The van der Waals surface area contributed by atoms with Crippen molar-refractivity contribution < 1.29 is 4.79 Å². The van der Waals surface area contributed by atoms with Crippen molar-refractivity contribution >= 4 is 17.1 Å². The van der Waals surface area contributed by atoms with Gasteiger partial charge in [0.25, 0.3) is 0 Å². The SMILES string of the molecule is Cc1nc(C(=O)CC2NCC3CCCC32)c(C)s1. The maximum atomic E-state index is 12.3. The number of hydrogen-bond donors (Lipinski definition) is 1. The summed E-state index contributed by atoms with van der Waals surface area (Å²) < 4.78 is 0. The van der Waals surface area contributed by atoms with E-state index in [1.165, 1.54) is 19.3 Å². The lowest BCUT2D eigenvalue weighted by Crippen LogP contribution is -2.29. The number of nitrogens with one attached hydrogen (secondary N) is 1. The Bertz CT molecular complexity index is 468. The summed E-state index contributed by atoms with van der Waals surface area (Å²) in [6, 6.07) is 0.395. The normalized spacial score (nSPS) is 30.7. The van der Waals surface area contributed by atoms with E-state index in [0.29, 0.717) is 18.2 Å². The molecule has 1 N–H and O–H groups in total. The smallest absolute Gasteiger partial charge is 0.183 e. The van der Waals surface area contributed by atoms with E-state index >= 15 is 0 Å². The molecule has 1 aliphatic heterocycles. The standard InChI is InChI=1S/C14H20N2OS/c1-8-14(16-9(2)18-8)13(17)6-12-11-5-3-4-10(11)7-15-12/h10-12,15H,3-7H2,1-2H3. The first-order valence-electron chi connectivity index (χ1n) is 6.86. The van der Waals surface area contributed by atoms with Gasteiger partial charge in [0.1, 0.15) is 5.69 Å². The molecule has 0 aromatic carbocycles. The molecule has 3 rings (SSSR count). The Morgan fingerprint density at radius 1 is 1.44 bits per heavy atom. The molecule has 0 bridgehead atoms. The van der Waals surface area contributed by atoms with E-state index in [-0.39, 0.29) is 5.78 Å². The summed E-state index contributed by atoms with van der Waals surface area (Å²) in [7, 11) is 0. The molecule has 98 valence electrons. The average Bonchev–Trinajstić information content (AvgIpc) is 2.96. The highest BCUT2D eigenvalue weighted by Crippen LogP contribution is 2.39. The van der Waals surface area contributed by atoms with Crippen LogP contribution in [0, 0.1) is 25.7 Å². The number of ketones is 1. The van der Waals surface area contributed by atoms with Gasteiger partial charge in [0.15, 0.2) is 5.78 Å². The fourth-order valence-corrected chi connectivity index (χ4v) is 4.45. The number of carbonyl (C=O) groups is 1. The van der Waals surface area contributed by atoms with Crippen molar-refractivity contribution in [2.24, 2.45) is 11.8 Å². The monoisotopic (exact) mass is 264 g/mol. The summed E-state index contributed by atoms with van der Waals surface area (Å²) in [6.45, 7) is 5.07. The molecule has 2 fully saturated rings. The van der Waals surface area contributed by atoms with Gasteiger partial charge in [0, 0.05) is 17.3 Å². The summed E-state index contributed by atoms with van der Waals surface area (Å²) >= 11 is 1.62. The minimum atomic E-state index is 0.224. The highest BCUT2D eigenvalue weighted by Gasteiger charge is 2.39. The van der Waals surface area contributed by atoms with Crippen LogP contribution in [0.1, 0.15) is 46.1 Å². The van der Waals surface area contributed by atoms with E-state index in [9.17, 15) is 4.79 Å². The first-order valence-corrected chi connectivity index (χ1v) is 7.67. The molecule has 3 atom stereocenters. The Labute approximate surface area is 112 Å². The summed E-state index contributed by atoms with van der Waals surface area (Å²) in [6.07, 6.45) is 4.61. The Morgan fingerprint density at radius 3 is 3.00 bits per heavy atom. The van der Waals surface area contributed by atoms with Crippen LogP contribution in [0.5, 0.6) is 0 Å². The summed E-state index contributed by atoms with van der Waals surface area (Å²) in [4.78, 5) is 17.8. The van der Waals surface area contributed by atoms with Crippen molar-refractivity contribution in [2.45, 2.75) is 45.6 Å². The van der Waals surface area contributed by atoms with Gasteiger partial charge in [0.05, 0.1) is 5.01 Å². The number of aryl methyl sites for hydroxylation is 2. The van der Waals surface area contributed by atoms with E-state index in [1.54, 1.807) is 11.3 Å². The molecule has 18 heavy (non-hydrogen) atoms. The molecule has 1 aromatic heterocycles. The van der Waals surface area contributed by atoms with E-state index in [0.717, 1.165) is 28.3 Å². The van der Waals surface area contributed by atoms with Gasteiger partial charge in [0.2, 0.25) is 0 Å². The molecular weight excluding hydrogens is 244 g/mol. The molecule has 0 spiro atoms. The molecular formula is C14H20N2OS. The Hall–Kier alpha value is -0.740. The van der Waals surface area contributed by atoms with Crippen LogP contribution in [-0.2, 0) is 0 Å². The third-order valence-corrected chi connectivity index (χ3v) is 5.34. The molecule has 2 heterocycles. The molecule has 1 saturated heterocycles. The lowest BCUT2D eigenvalue weighted by Gasteiger charge is -2.16. The average molecular weight is 264 g/mol. The molecule has 4 heteroatoms. The molecule has 3 unspecified atom stereocenters. The number of nitrogens with zero attached hydrogens (tertiary/aromatic N) is 1. The topological polar surface area (TPSA) is 42.0 Å². The number of carbonyl (C=O) groups excluding carboxylic acids is 1. The van der Waals surface area contributed by atoms with Crippen LogP contribution in [0.4, 0.5) is 0 Å². The Morgan fingerprint density at radius 2 is 2.28 bits per heavy atom. The lowest BCUT2D eigenvalue weighted by molar-refractivity contribution is 0.0958. The van der Waals surface area contributed by atoms with Crippen molar-refractivity contribution in [3.8, 4) is 0 Å². The van der Waals surface area contributed by atoms with Gasteiger partial charge in [-0.2, -0.15) is 0 Å². The van der Waals surface area contributed by atoms with Gasteiger partial charge >= 0.3 is 0 Å². The van der Waals surface area contributed by atoms with Crippen molar-refractivity contribution in [2.75, 3.05) is 6.54 Å². The zero-order valence-electron chi connectivity index (χ0n) is 11.0. The Balaban J connectivity index is 1.69. The maximum absolute atomic E-state index is 12.3. The molecule has 0 radical (unpaired) electrons. The van der Waals surface area contributed by atoms with E-state index in [2.05, 4.69) is 10.3 Å². The van der Waals surface area contributed by atoms with E-state index in [1.807, 2.05) is 13.8 Å². The van der Waals surface area contributed by atoms with E-state index < -0.39 is 0 Å². The van der Waals surface area contributed by atoms with Crippen molar-refractivity contribution in [1.29, 1.82) is 0 Å². The van der Waals surface area contributed by atoms with Crippen LogP contribution in [0.15, 0.2) is 0 Å². The van der Waals surface area contributed by atoms with Gasteiger partial charge in [-0.05, 0) is 45.1 Å². The van der Waals surface area contributed by atoms with Crippen LogP contribution >= 0.6 is 11.3 Å². The highest BCUT2D eigenvalue weighted by molar-refractivity contribution is 7.11. The number of Topliss-reactive ketones (excluding diaryl/α,β-unsaturated/α-hetero) is 1. The van der Waals surface area contributed by atoms with Gasteiger partial charge < -0.3 is 5.32 Å². The van der Waals surface area contributed by atoms with Crippen LogP contribution in [-0.4, -0.2) is 23.4 Å². The second-order valence-corrected chi connectivity index (χ2v) is 7.04. The summed E-state index contributed by atoms with van der Waals surface area (Å²) in [5.41, 5.74) is 0.709. The molecule has 3 nitrogen and oxygen atoms in total. The summed E-state index contributed by atoms with van der Waals surface area (Å²) in [5.74, 6) is 1.77. The highest BCUT2D eigenvalue weighted by atomic mass is 32.1. The number of rotatable bonds is 3. The minimum Gasteiger partial charge on any atom is -0.313 e. The number of thiazole rings is 1. The molecule has 1 aromatic rings. The minimum absolute atomic E-state index is 0.224. The predicted octanol–water partition coefficient (Wildman–Crippen LogP) is 2.72. The van der Waals surface area contributed by atoms with Gasteiger partial charge in [-0.15, -0.1) is 11.3 Å². The largest absolute Gasteiger partial charge is 0.313 e. The quantitative estimate of drug-likeness (QED) is 0.854. The van der Waals surface area contributed by atoms with Gasteiger partial charge in [-0.25, -0.2) is 4.98 Å². The van der Waals surface area contributed by atoms with Crippen LogP contribution in [0.3, 0.4) is 0 Å². The van der Waals surface area contributed by atoms with Crippen LogP contribution in [0.25, 0.3) is 0 Å². The van der Waals surface area contributed by atoms with E-state index in [4.69, 9.17) is 0 Å². The first kappa shape index (κ1) is 12.3. The third kappa shape index (κ3) is 2.12. The number of fused-ring (bicyclic) bond motifs is 1. The second kappa shape index (κ2) is 4.74. The molecule has 0 amide bonds. The van der Waals surface area contributed by atoms with Crippen molar-refractivity contribution in [3.63, 3.8) is 0 Å². The first-order chi connectivity index (χ1) is 8.65. The number of aromatic nitrogens is 1. The Kier molecular flexibility index (Phi) is 3.24. The predicted molar refractivity (Wildman–Crippen MR) is 73.2 cm³/mol. The van der Waals surface area contributed by atoms with Crippen LogP contribution in [0.2, 0.25) is 0 Å². The molecule has 2 aliphatic rings. The maximum Gasteiger partial charge on any atom is 0.183 e. The zero-order chi connectivity index (χ0) is 12.7. The third-order valence-electron chi connectivity index (χ3n) is 4.45. The fourth-order valence-electron chi connectivity index (χ4n) is 3.61. The van der Waals surface area contributed by atoms with Crippen LogP contribution < -0.4 is 5.32 Å². The lowest BCUT2D eigenvalue weighted by atomic mass is 9.90. The molecule has 1 saturated carbocycles. The van der Waals surface area contributed by atoms with Crippen molar-refractivity contribution in [1.82, 2.24) is 10.3 Å². The zero-order valence-corrected chi connectivity index (χ0v) is 11.8. The fraction of sp³-hybridized carbons (Fsp3) is 0.714. The van der Waals surface area contributed by atoms with Gasteiger partial charge in [-0.3, -0.25) is 4.79 Å². The van der Waals surface area contributed by atoms with Gasteiger partial charge in [-0.1, -0.05) is 6.42 Å². The van der Waals surface area contributed by atoms with Crippen molar-refractivity contribution in [3.05, 3.63) is 15.6 Å².